The van der Waals surface area contributed by atoms with E-state index in [9.17, 15) is 4.79 Å². The van der Waals surface area contributed by atoms with Crippen molar-refractivity contribution < 1.29 is 4.79 Å². The van der Waals surface area contributed by atoms with Crippen LogP contribution in [0.3, 0.4) is 0 Å². The topological polar surface area (TPSA) is 59.8 Å². The maximum absolute atomic E-state index is 12.2. The molecule has 0 spiro atoms. The van der Waals surface area contributed by atoms with Gasteiger partial charge in [-0.3, -0.25) is 4.79 Å². The first-order chi connectivity index (χ1) is 10.8. The van der Waals surface area contributed by atoms with Crippen molar-refractivity contribution in [3.05, 3.63) is 12.4 Å². The molecule has 0 unspecified atom stereocenters. The monoisotopic (exact) mass is 304 g/mol. The first-order valence-electron chi connectivity index (χ1n) is 8.89. The highest BCUT2D eigenvalue weighted by atomic mass is 16.2. The Morgan fingerprint density at radius 3 is 2.55 bits per heavy atom. The van der Waals surface area contributed by atoms with Gasteiger partial charge in [0.05, 0.1) is 6.20 Å². The van der Waals surface area contributed by atoms with E-state index >= 15 is 0 Å². The summed E-state index contributed by atoms with van der Waals surface area (Å²) in [4.78, 5) is 12.2. The summed E-state index contributed by atoms with van der Waals surface area (Å²) in [5.74, 6) is 0.875. The molecular formula is C17H28N4O. The van der Waals surface area contributed by atoms with E-state index in [0.29, 0.717) is 5.41 Å². The van der Waals surface area contributed by atoms with Crippen LogP contribution in [0.2, 0.25) is 0 Å². The maximum Gasteiger partial charge on any atom is 0.241 e. The number of carbonyl (C=O) groups is 1. The molecule has 1 N–H and O–H groups in total. The number of nitrogens with zero attached hydrogens (tertiary/aromatic N) is 3. The quantitative estimate of drug-likeness (QED) is 0.910. The third-order valence-electron chi connectivity index (χ3n) is 5.74. The average Bonchev–Trinajstić information content (AvgIpc) is 3.08. The van der Waals surface area contributed by atoms with Gasteiger partial charge in [0.1, 0.15) is 6.54 Å². The lowest BCUT2D eigenvalue weighted by atomic mass is 9.61. The Bertz CT molecular complexity index is 459. The molecule has 0 atom stereocenters. The second-order valence-electron chi connectivity index (χ2n) is 7.14. The zero-order valence-electron chi connectivity index (χ0n) is 13.5. The molecule has 5 heteroatoms. The van der Waals surface area contributed by atoms with Crippen molar-refractivity contribution in [1.29, 1.82) is 0 Å². The molecule has 1 heterocycles. The van der Waals surface area contributed by atoms with Gasteiger partial charge < -0.3 is 5.32 Å². The summed E-state index contributed by atoms with van der Waals surface area (Å²) in [6.45, 7) is 1.13. The fourth-order valence-corrected chi connectivity index (χ4v) is 4.49. The fraction of sp³-hybridized carbons (Fsp3) is 0.824. The van der Waals surface area contributed by atoms with Crippen molar-refractivity contribution in [2.75, 3.05) is 6.54 Å². The van der Waals surface area contributed by atoms with Crippen molar-refractivity contribution in [3.63, 3.8) is 0 Å². The van der Waals surface area contributed by atoms with E-state index in [2.05, 4.69) is 15.6 Å². The first kappa shape index (κ1) is 15.5. The molecule has 0 radical (unpaired) electrons. The fourth-order valence-electron chi connectivity index (χ4n) is 4.49. The number of amides is 1. The lowest BCUT2D eigenvalue weighted by Crippen LogP contribution is -2.45. The van der Waals surface area contributed by atoms with Crippen molar-refractivity contribution >= 4 is 5.91 Å². The van der Waals surface area contributed by atoms with Crippen LogP contribution in [0, 0.1) is 11.3 Å². The van der Waals surface area contributed by atoms with E-state index in [0.717, 1.165) is 12.5 Å². The largest absolute Gasteiger partial charge is 0.354 e. The van der Waals surface area contributed by atoms with Gasteiger partial charge in [-0.25, -0.2) is 4.68 Å². The lowest BCUT2D eigenvalue weighted by Gasteiger charge is -2.45. The molecule has 0 bridgehead atoms. The number of aromatic nitrogens is 3. The molecule has 0 aromatic carbocycles. The van der Waals surface area contributed by atoms with E-state index in [4.69, 9.17) is 0 Å². The molecule has 2 fully saturated rings. The summed E-state index contributed by atoms with van der Waals surface area (Å²) in [7, 11) is 0. The van der Waals surface area contributed by atoms with Crippen LogP contribution in [-0.4, -0.2) is 27.4 Å². The highest BCUT2D eigenvalue weighted by Gasteiger charge is 2.40. The number of carbonyl (C=O) groups excluding carboxylic acids is 1. The minimum atomic E-state index is 0.0613. The van der Waals surface area contributed by atoms with Crippen molar-refractivity contribution in [2.45, 2.75) is 70.8 Å². The summed E-state index contributed by atoms with van der Waals surface area (Å²) in [6, 6.07) is 0. The standard InChI is InChI=1S/C17H28N4O/c22-16(13-21-12-11-19-20-21)18-14-17(9-5-2-6-10-17)15-7-3-1-4-8-15/h11-12,15H,1-10,13-14H2,(H,18,22). The minimum absolute atomic E-state index is 0.0613. The number of hydrogen-bond donors (Lipinski definition) is 1. The second-order valence-corrected chi connectivity index (χ2v) is 7.14. The van der Waals surface area contributed by atoms with E-state index in [1.54, 1.807) is 17.1 Å². The number of nitrogens with one attached hydrogen (secondary N) is 1. The summed E-state index contributed by atoms with van der Waals surface area (Å²) < 4.78 is 1.59. The van der Waals surface area contributed by atoms with Gasteiger partial charge in [0.2, 0.25) is 5.91 Å². The SMILES string of the molecule is O=C(Cn1ccnn1)NCC1(C2CCCCC2)CCCCC1. The lowest BCUT2D eigenvalue weighted by molar-refractivity contribution is -0.122. The molecule has 2 aliphatic rings. The summed E-state index contributed by atoms with van der Waals surface area (Å²) in [6.07, 6.45) is 16.8. The van der Waals surface area contributed by atoms with Crippen LogP contribution in [0.25, 0.3) is 0 Å². The molecule has 3 rings (SSSR count). The predicted octanol–water partition coefficient (Wildman–Crippen LogP) is 2.93. The van der Waals surface area contributed by atoms with Crippen LogP contribution >= 0.6 is 0 Å². The Hall–Kier alpha value is -1.39. The number of hydrogen-bond acceptors (Lipinski definition) is 3. The van der Waals surface area contributed by atoms with Crippen LogP contribution in [-0.2, 0) is 11.3 Å². The van der Waals surface area contributed by atoms with E-state index in [1.807, 2.05) is 0 Å². The first-order valence-corrected chi connectivity index (χ1v) is 8.89. The van der Waals surface area contributed by atoms with Gasteiger partial charge in [-0.05, 0) is 37.0 Å². The van der Waals surface area contributed by atoms with Crippen molar-refractivity contribution in [3.8, 4) is 0 Å². The number of rotatable bonds is 5. The molecule has 1 aromatic rings. The van der Waals surface area contributed by atoms with E-state index < -0.39 is 0 Å². The normalized spacial score (nSPS) is 22.4. The Labute approximate surface area is 132 Å². The average molecular weight is 304 g/mol. The van der Waals surface area contributed by atoms with Crippen molar-refractivity contribution in [1.82, 2.24) is 20.3 Å². The smallest absolute Gasteiger partial charge is 0.241 e. The molecule has 0 aliphatic heterocycles. The molecule has 5 nitrogen and oxygen atoms in total. The molecule has 0 saturated heterocycles. The zero-order valence-corrected chi connectivity index (χ0v) is 13.5. The van der Waals surface area contributed by atoms with Crippen LogP contribution < -0.4 is 5.32 Å². The zero-order chi connectivity index (χ0) is 15.3. The molecule has 1 amide bonds. The van der Waals surface area contributed by atoms with Gasteiger partial charge in [0.15, 0.2) is 0 Å². The highest BCUT2D eigenvalue weighted by Crippen LogP contribution is 2.47. The Kier molecular flexibility index (Phi) is 5.11. The van der Waals surface area contributed by atoms with Gasteiger partial charge >= 0.3 is 0 Å². The molecule has 1 aromatic heterocycles. The van der Waals surface area contributed by atoms with Crippen LogP contribution in [0.15, 0.2) is 12.4 Å². The van der Waals surface area contributed by atoms with Gasteiger partial charge in [-0.15, -0.1) is 5.10 Å². The molecule has 22 heavy (non-hydrogen) atoms. The molecule has 2 aliphatic carbocycles. The third kappa shape index (κ3) is 3.68. The highest BCUT2D eigenvalue weighted by molar-refractivity contribution is 5.75. The van der Waals surface area contributed by atoms with Gasteiger partial charge in [0.25, 0.3) is 0 Å². The maximum atomic E-state index is 12.2. The predicted molar refractivity (Wildman–Crippen MR) is 85.1 cm³/mol. The van der Waals surface area contributed by atoms with Crippen molar-refractivity contribution in [2.24, 2.45) is 11.3 Å². The van der Waals surface area contributed by atoms with E-state index in [1.165, 1.54) is 64.2 Å². The molecular weight excluding hydrogens is 276 g/mol. The summed E-state index contributed by atoms with van der Waals surface area (Å²) in [5.41, 5.74) is 0.358. The van der Waals surface area contributed by atoms with E-state index in [-0.39, 0.29) is 12.5 Å². The summed E-state index contributed by atoms with van der Waals surface area (Å²) >= 11 is 0. The Balaban J connectivity index is 1.58. The third-order valence-corrected chi connectivity index (χ3v) is 5.74. The van der Waals surface area contributed by atoms with Gasteiger partial charge in [-0.2, -0.15) is 0 Å². The van der Waals surface area contributed by atoms with Gasteiger partial charge in [0, 0.05) is 12.7 Å². The molecule has 2 saturated carbocycles. The van der Waals surface area contributed by atoms with Gasteiger partial charge in [-0.1, -0.05) is 43.7 Å². The molecule has 122 valence electrons. The Morgan fingerprint density at radius 2 is 1.86 bits per heavy atom. The van der Waals surface area contributed by atoms with Crippen LogP contribution in [0.5, 0.6) is 0 Å². The van der Waals surface area contributed by atoms with Crippen LogP contribution in [0.4, 0.5) is 0 Å². The van der Waals surface area contributed by atoms with Crippen LogP contribution in [0.1, 0.15) is 64.2 Å². The second kappa shape index (κ2) is 7.25. The summed E-state index contributed by atoms with van der Waals surface area (Å²) in [5, 5.41) is 10.8. The minimum Gasteiger partial charge on any atom is -0.354 e. The Morgan fingerprint density at radius 1 is 1.14 bits per heavy atom.